The van der Waals surface area contributed by atoms with Crippen molar-refractivity contribution in [3.8, 4) is 0 Å². The van der Waals surface area contributed by atoms with Crippen molar-refractivity contribution in [2.24, 2.45) is 0 Å². The van der Waals surface area contributed by atoms with E-state index in [1.807, 2.05) is 6.07 Å². The van der Waals surface area contributed by atoms with Crippen molar-refractivity contribution in [3.05, 3.63) is 30.1 Å². The number of pyridine rings is 1. The van der Waals surface area contributed by atoms with Crippen molar-refractivity contribution in [1.29, 1.82) is 0 Å². The average Bonchev–Trinajstić information content (AvgIpc) is 2.54. The van der Waals surface area contributed by atoms with Gasteiger partial charge in [-0.3, -0.25) is 0 Å². The van der Waals surface area contributed by atoms with E-state index in [0.717, 1.165) is 24.8 Å². The summed E-state index contributed by atoms with van der Waals surface area (Å²) in [7, 11) is -3.52. The molecular formula is C19H34NO4S+. The molecule has 1 aromatic rings. The van der Waals surface area contributed by atoms with Crippen molar-refractivity contribution in [2.45, 2.75) is 77.7 Å². The number of hydrogen-bond acceptors (Lipinski definition) is 4. The van der Waals surface area contributed by atoms with Crippen LogP contribution in [0.4, 0.5) is 0 Å². The summed E-state index contributed by atoms with van der Waals surface area (Å²) < 4.78 is 33.9. The predicted octanol–water partition coefficient (Wildman–Crippen LogP) is 3.80. The fraction of sp³-hybridized carbons (Fsp3) is 0.737. The quantitative estimate of drug-likeness (QED) is 0.347. The van der Waals surface area contributed by atoms with E-state index in [4.69, 9.17) is 9.02 Å². The molecule has 25 heavy (non-hydrogen) atoms. The Bertz CT molecular complexity index is 560. The van der Waals surface area contributed by atoms with Crippen molar-refractivity contribution in [1.82, 2.24) is 0 Å². The van der Waals surface area contributed by atoms with Gasteiger partial charge in [0.2, 0.25) is 12.4 Å². The summed E-state index contributed by atoms with van der Waals surface area (Å²) in [5, 5.41) is 0. The molecule has 0 atom stereocenters. The molecule has 0 fully saturated rings. The summed E-state index contributed by atoms with van der Waals surface area (Å²) >= 11 is 0. The van der Waals surface area contributed by atoms with Gasteiger partial charge in [0.15, 0.2) is 0 Å². The standard InChI is InChI=1S/C19H34NO4S/c1-3-4-5-6-7-8-9-10-11-12-16-23-18-19-14-13-15-20(17-19)24-25(2,21)22/h13-15,17H,3-12,16,18H2,1-2H3/q+1. The molecule has 0 aliphatic carbocycles. The third kappa shape index (κ3) is 12.8. The predicted molar refractivity (Wildman–Crippen MR) is 99.6 cm³/mol. The summed E-state index contributed by atoms with van der Waals surface area (Å²) in [6, 6.07) is 3.63. The zero-order valence-corrected chi connectivity index (χ0v) is 16.6. The van der Waals surface area contributed by atoms with Crippen LogP contribution >= 0.6 is 0 Å². The van der Waals surface area contributed by atoms with Gasteiger partial charge in [-0.1, -0.05) is 64.7 Å². The Kier molecular flexibility index (Phi) is 11.5. The molecule has 1 rings (SSSR count). The first-order chi connectivity index (χ1) is 12.0. The lowest BCUT2D eigenvalue weighted by molar-refractivity contribution is -0.856. The number of rotatable bonds is 15. The lowest BCUT2D eigenvalue weighted by Crippen LogP contribution is -2.45. The maximum atomic E-state index is 11.1. The molecule has 5 nitrogen and oxygen atoms in total. The molecule has 6 heteroatoms. The first-order valence-corrected chi connectivity index (χ1v) is 11.3. The van der Waals surface area contributed by atoms with E-state index >= 15 is 0 Å². The second kappa shape index (κ2) is 13.1. The van der Waals surface area contributed by atoms with Crippen LogP contribution in [-0.4, -0.2) is 21.3 Å². The van der Waals surface area contributed by atoms with Gasteiger partial charge in [-0.2, -0.15) is 8.42 Å². The summed E-state index contributed by atoms with van der Waals surface area (Å²) in [6.07, 6.45) is 17.3. The Morgan fingerprint density at radius 1 is 0.960 bits per heavy atom. The van der Waals surface area contributed by atoms with Crippen LogP contribution in [0.3, 0.4) is 0 Å². The van der Waals surface area contributed by atoms with E-state index in [1.165, 1.54) is 62.5 Å². The molecule has 144 valence electrons. The summed E-state index contributed by atoms with van der Waals surface area (Å²) in [6.45, 7) is 3.45. The second-order valence-corrected chi connectivity index (χ2v) is 8.14. The minimum Gasteiger partial charge on any atom is -0.377 e. The van der Waals surface area contributed by atoms with Crippen LogP contribution in [-0.2, 0) is 21.5 Å². The third-order valence-corrected chi connectivity index (χ3v) is 4.41. The summed E-state index contributed by atoms with van der Waals surface area (Å²) in [5.41, 5.74) is 0.887. The Morgan fingerprint density at radius 2 is 1.56 bits per heavy atom. The van der Waals surface area contributed by atoms with Crippen LogP contribution in [0.5, 0.6) is 0 Å². The Morgan fingerprint density at radius 3 is 2.16 bits per heavy atom. The van der Waals surface area contributed by atoms with E-state index in [9.17, 15) is 8.42 Å². The molecule has 1 aromatic heterocycles. The van der Waals surface area contributed by atoms with Gasteiger partial charge in [-0.15, -0.1) is 4.28 Å². The lowest BCUT2D eigenvalue weighted by Gasteiger charge is -2.04. The SMILES string of the molecule is CCCCCCCCCCCCOCc1ccc[n+](OS(C)(=O)=O)c1. The second-order valence-electron chi connectivity index (χ2n) is 6.59. The number of unbranched alkanes of at least 4 members (excludes halogenated alkanes) is 9. The Hall–Kier alpha value is -1.14. The van der Waals surface area contributed by atoms with Crippen molar-refractivity contribution >= 4 is 10.1 Å². The highest BCUT2D eigenvalue weighted by Gasteiger charge is 2.11. The number of nitrogens with zero attached hydrogens (tertiary/aromatic N) is 1. The van der Waals surface area contributed by atoms with E-state index < -0.39 is 10.1 Å². The van der Waals surface area contributed by atoms with E-state index in [-0.39, 0.29) is 0 Å². The van der Waals surface area contributed by atoms with Gasteiger partial charge in [0.1, 0.15) is 0 Å². The van der Waals surface area contributed by atoms with E-state index in [1.54, 1.807) is 18.5 Å². The topological polar surface area (TPSA) is 56.5 Å². The zero-order valence-electron chi connectivity index (χ0n) is 15.8. The van der Waals surface area contributed by atoms with Gasteiger partial charge in [-0.25, -0.2) is 0 Å². The Labute approximate surface area is 153 Å². The van der Waals surface area contributed by atoms with Crippen molar-refractivity contribution in [2.75, 3.05) is 12.9 Å². The minimum absolute atomic E-state index is 0.464. The van der Waals surface area contributed by atoms with Gasteiger partial charge in [0, 0.05) is 23.0 Å². The monoisotopic (exact) mass is 372 g/mol. The fourth-order valence-corrected chi connectivity index (χ4v) is 3.08. The third-order valence-electron chi connectivity index (χ3n) is 3.97. The van der Waals surface area contributed by atoms with Gasteiger partial charge >= 0.3 is 10.1 Å². The summed E-state index contributed by atoms with van der Waals surface area (Å²) in [4.78, 5) is 0. The number of hydrogen-bond donors (Lipinski definition) is 0. The molecule has 0 saturated carbocycles. The first kappa shape index (κ1) is 21.9. The lowest BCUT2D eigenvalue weighted by atomic mass is 10.1. The summed E-state index contributed by atoms with van der Waals surface area (Å²) in [5.74, 6) is 0. The van der Waals surface area contributed by atoms with Crippen LogP contribution in [0, 0.1) is 0 Å². The molecule has 0 aromatic carbocycles. The molecule has 1 heterocycles. The van der Waals surface area contributed by atoms with Gasteiger partial charge in [-0.05, 0) is 12.5 Å². The number of ether oxygens (including phenoxy) is 1. The van der Waals surface area contributed by atoms with Crippen LogP contribution < -0.4 is 9.01 Å². The molecule has 0 amide bonds. The molecule has 0 saturated heterocycles. The molecule has 0 aliphatic rings. The molecule has 0 spiro atoms. The highest BCUT2D eigenvalue weighted by molar-refractivity contribution is 7.86. The maximum Gasteiger partial charge on any atom is 0.364 e. The van der Waals surface area contributed by atoms with Crippen LogP contribution in [0.2, 0.25) is 0 Å². The first-order valence-electron chi connectivity index (χ1n) is 9.49. The van der Waals surface area contributed by atoms with Crippen molar-refractivity contribution in [3.63, 3.8) is 0 Å². The molecule has 0 aliphatic heterocycles. The fourth-order valence-electron chi connectivity index (χ4n) is 2.67. The highest BCUT2D eigenvalue weighted by Crippen LogP contribution is 2.10. The normalized spacial score (nSPS) is 11.6. The van der Waals surface area contributed by atoms with Gasteiger partial charge in [0.05, 0.1) is 12.9 Å². The van der Waals surface area contributed by atoms with Crippen LogP contribution in [0.25, 0.3) is 0 Å². The minimum atomic E-state index is -3.52. The molecule has 0 bridgehead atoms. The van der Waals surface area contributed by atoms with Crippen molar-refractivity contribution < 1.29 is 22.2 Å². The molecule has 0 N–H and O–H groups in total. The highest BCUT2D eigenvalue weighted by atomic mass is 32.2. The Balaban J connectivity index is 2.02. The number of aromatic nitrogens is 1. The maximum absolute atomic E-state index is 11.1. The zero-order chi connectivity index (χ0) is 18.4. The molecular weight excluding hydrogens is 338 g/mol. The average molecular weight is 373 g/mol. The van der Waals surface area contributed by atoms with Gasteiger partial charge in [0.25, 0.3) is 0 Å². The van der Waals surface area contributed by atoms with E-state index in [0.29, 0.717) is 6.61 Å². The van der Waals surface area contributed by atoms with Crippen LogP contribution in [0.1, 0.15) is 76.7 Å². The molecule has 0 unspecified atom stereocenters. The van der Waals surface area contributed by atoms with Crippen LogP contribution in [0.15, 0.2) is 24.5 Å². The van der Waals surface area contributed by atoms with E-state index in [2.05, 4.69) is 6.92 Å². The largest absolute Gasteiger partial charge is 0.377 e. The molecule has 0 radical (unpaired) electrons. The smallest absolute Gasteiger partial charge is 0.364 e. The van der Waals surface area contributed by atoms with Gasteiger partial charge < -0.3 is 4.74 Å².